The van der Waals surface area contributed by atoms with Crippen molar-refractivity contribution in [2.75, 3.05) is 76.0 Å². The Kier molecular flexibility index (Phi) is 9.56. The molecule has 0 aliphatic rings. The quantitative estimate of drug-likeness (QED) is 0.145. The Hall–Kier alpha value is -6.80. The largest absolute Gasteiger partial charge is 0.378 e. The Labute approximate surface area is 329 Å². The molecule has 8 nitrogen and oxygen atoms in total. The van der Waals surface area contributed by atoms with E-state index < -0.39 is 0 Å². The topological polar surface area (TPSA) is 64.5 Å². The molecule has 0 bridgehead atoms. The lowest BCUT2D eigenvalue weighted by Crippen LogP contribution is -2.08. The third kappa shape index (κ3) is 7.09. The van der Waals surface area contributed by atoms with Crippen molar-refractivity contribution in [3.05, 3.63) is 133 Å². The van der Waals surface area contributed by atoms with Crippen molar-refractivity contribution in [2.45, 2.75) is 0 Å². The molecular formula is C48H46N8. The van der Waals surface area contributed by atoms with Gasteiger partial charge in [0.05, 0.1) is 44.8 Å². The lowest BCUT2D eigenvalue weighted by molar-refractivity contribution is 1.13. The first-order chi connectivity index (χ1) is 27.0. The molecule has 0 fully saturated rings. The lowest BCUT2D eigenvalue weighted by atomic mass is 10.0. The standard InChI is InChI=1S/C48H46N8/c1-53(2)37-19-9-31(10-20-37)45-47(33-13-23-39(24-14-33)55(5)6)51-43-29-35(17-27-41(43)49-45)36-18-28-42-44(30-36)52-48(34-15-25-40(26-16-34)56(7)8)46(50-42)32-11-21-38(22-12-32)54(3)4/h9-30H,1-8H3. The number of rotatable bonds is 9. The van der Waals surface area contributed by atoms with E-state index in [0.717, 1.165) is 101 Å². The Bertz CT molecular complexity index is 2480. The summed E-state index contributed by atoms with van der Waals surface area (Å²) in [6, 6.07) is 46.7. The molecule has 6 aromatic carbocycles. The lowest BCUT2D eigenvalue weighted by Gasteiger charge is -2.16. The van der Waals surface area contributed by atoms with Gasteiger partial charge in [-0.15, -0.1) is 0 Å². The van der Waals surface area contributed by atoms with Crippen LogP contribution in [0.15, 0.2) is 133 Å². The summed E-state index contributed by atoms with van der Waals surface area (Å²) < 4.78 is 0. The smallest absolute Gasteiger partial charge is 0.0973 e. The average Bonchev–Trinajstić information content (AvgIpc) is 3.22. The van der Waals surface area contributed by atoms with Gasteiger partial charge in [0.15, 0.2) is 0 Å². The first-order valence-electron chi connectivity index (χ1n) is 18.8. The van der Waals surface area contributed by atoms with E-state index in [1.807, 2.05) is 28.2 Å². The Balaban J connectivity index is 1.24. The van der Waals surface area contributed by atoms with E-state index >= 15 is 0 Å². The summed E-state index contributed by atoms with van der Waals surface area (Å²) in [6.45, 7) is 0. The van der Waals surface area contributed by atoms with E-state index in [4.69, 9.17) is 19.9 Å². The third-order valence-corrected chi connectivity index (χ3v) is 10.3. The number of aromatic nitrogens is 4. The molecule has 0 radical (unpaired) electrons. The molecule has 8 aromatic rings. The summed E-state index contributed by atoms with van der Waals surface area (Å²) in [4.78, 5) is 29.5. The third-order valence-electron chi connectivity index (χ3n) is 10.3. The van der Waals surface area contributed by atoms with E-state index in [1.165, 1.54) is 0 Å². The molecule has 8 heteroatoms. The molecule has 2 aromatic heterocycles. The number of hydrogen-bond acceptors (Lipinski definition) is 8. The molecule has 0 aliphatic carbocycles. The highest BCUT2D eigenvalue weighted by Crippen LogP contribution is 2.36. The minimum Gasteiger partial charge on any atom is -0.378 e. The second kappa shape index (κ2) is 14.8. The average molecular weight is 735 g/mol. The van der Waals surface area contributed by atoms with Gasteiger partial charge in [0.2, 0.25) is 0 Å². The number of benzene rings is 6. The summed E-state index contributed by atoms with van der Waals surface area (Å²) in [5.41, 5.74) is 17.4. The predicted octanol–water partition coefficient (Wildman–Crippen LogP) is 10.2. The van der Waals surface area contributed by atoms with Gasteiger partial charge in [-0.05, 0) is 83.9 Å². The van der Waals surface area contributed by atoms with Crippen molar-refractivity contribution < 1.29 is 0 Å². The normalized spacial score (nSPS) is 11.2. The minimum atomic E-state index is 0.826. The van der Waals surface area contributed by atoms with Crippen molar-refractivity contribution >= 4 is 44.8 Å². The minimum absolute atomic E-state index is 0.826. The van der Waals surface area contributed by atoms with E-state index in [-0.39, 0.29) is 0 Å². The summed E-state index contributed by atoms with van der Waals surface area (Å²) in [6.07, 6.45) is 0. The molecule has 0 atom stereocenters. The van der Waals surface area contributed by atoms with Crippen molar-refractivity contribution in [1.82, 2.24) is 19.9 Å². The van der Waals surface area contributed by atoms with Crippen LogP contribution >= 0.6 is 0 Å². The van der Waals surface area contributed by atoms with Crippen LogP contribution in [-0.2, 0) is 0 Å². The molecular weight excluding hydrogens is 689 g/mol. The van der Waals surface area contributed by atoms with Crippen molar-refractivity contribution in [2.24, 2.45) is 0 Å². The Morgan fingerprint density at radius 2 is 0.464 bits per heavy atom. The SMILES string of the molecule is CN(C)c1ccc(-c2nc3ccc(-c4ccc5nc(-c6ccc(N(C)C)cc6)c(-c6ccc(N(C)C)cc6)nc5c4)cc3nc2-c2ccc(N(C)C)cc2)cc1. The van der Waals surface area contributed by atoms with Gasteiger partial charge >= 0.3 is 0 Å². The van der Waals surface area contributed by atoms with Crippen LogP contribution in [0.2, 0.25) is 0 Å². The summed E-state index contributed by atoms with van der Waals surface area (Å²) in [5, 5.41) is 0. The molecule has 0 amide bonds. The molecule has 56 heavy (non-hydrogen) atoms. The second-order valence-electron chi connectivity index (χ2n) is 15.0. The molecule has 0 aliphatic heterocycles. The van der Waals surface area contributed by atoms with Gasteiger partial charge in [0, 0.05) is 101 Å². The number of anilines is 4. The number of hydrogen-bond donors (Lipinski definition) is 0. The first kappa shape index (κ1) is 36.2. The van der Waals surface area contributed by atoms with Crippen LogP contribution in [-0.4, -0.2) is 76.3 Å². The van der Waals surface area contributed by atoms with Gasteiger partial charge in [-0.3, -0.25) is 0 Å². The zero-order valence-corrected chi connectivity index (χ0v) is 33.3. The molecule has 2 heterocycles. The Morgan fingerprint density at radius 1 is 0.250 bits per heavy atom. The zero-order valence-electron chi connectivity index (χ0n) is 33.3. The highest BCUT2D eigenvalue weighted by Gasteiger charge is 2.17. The second-order valence-corrected chi connectivity index (χ2v) is 15.0. The molecule has 0 spiro atoms. The van der Waals surface area contributed by atoms with Gasteiger partial charge in [-0.1, -0.05) is 60.7 Å². The van der Waals surface area contributed by atoms with Crippen LogP contribution < -0.4 is 19.6 Å². The number of fused-ring (bicyclic) bond motifs is 2. The fourth-order valence-corrected chi connectivity index (χ4v) is 6.94. The number of nitrogens with zero attached hydrogens (tertiary/aromatic N) is 8. The van der Waals surface area contributed by atoms with E-state index in [2.05, 4.69) is 181 Å². The molecule has 0 N–H and O–H groups in total. The first-order valence-corrected chi connectivity index (χ1v) is 18.8. The monoisotopic (exact) mass is 734 g/mol. The highest BCUT2D eigenvalue weighted by molar-refractivity contribution is 5.92. The van der Waals surface area contributed by atoms with Crippen molar-refractivity contribution in [1.29, 1.82) is 0 Å². The predicted molar refractivity (Wildman–Crippen MR) is 237 cm³/mol. The maximum absolute atomic E-state index is 5.32. The molecule has 0 unspecified atom stereocenters. The van der Waals surface area contributed by atoms with Crippen LogP contribution in [0, 0.1) is 0 Å². The van der Waals surface area contributed by atoms with Gasteiger partial charge < -0.3 is 19.6 Å². The van der Waals surface area contributed by atoms with Crippen LogP contribution in [0.3, 0.4) is 0 Å². The van der Waals surface area contributed by atoms with Gasteiger partial charge in [0.1, 0.15) is 0 Å². The van der Waals surface area contributed by atoms with Gasteiger partial charge in [-0.25, -0.2) is 19.9 Å². The zero-order chi connectivity index (χ0) is 39.1. The summed E-state index contributed by atoms with van der Waals surface area (Å²) >= 11 is 0. The molecule has 0 saturated heterocycles. The van der Waals surface area contributed by atoms with E-state index in [9.17, 15) is 0 Å². The summed E-state index contributed by atoms with van der Waals surface area (Å²) in [5.74, 6) is 0. The molecule has 0 saturated carbocycles. The van der Waals surface area contributed by atoms with Gasteiger partial charge in [0.25, 0.3) is 0 Å². The van der Waals surface area contributed by atoms with Crippen LogP contribution in [0.4, 0.5) is 22.7 Å². The van der Waals surface area contributed by atoms with E-state index in [1.54, 1.807) is 0 Å². The summed E-state index contributed by atoms with van der Waals surface area (Å²) in [7, 11) is 16.4. The fourth-order valence-electron chi connectivity index (χ4n) is 6.94. The molecule has 278 valence electrons. The van der Waals surface area contributed by atoms with Crippen LogP contribution in [0.1, 0.15) is 0 Å². The Morgan fingerprint density at radius 3 is 0.696 bits per heavy atom. The van der Waals surface area contributed by atoms with Crippen molar-refractivity contribution in [3.63, 3.8) is 0 Å². The maximum atomic E-state index is 5.32. The van der Waals surface area contributed by atoms with Crippen LogP contribution in [0.25, 0.3) is 78.2 Å². The fraction of sp³-hybridized carbons (Fsp3) is 0.167. The maximum Gasteiger partial charge on any atom is 0.0973 e. The van der Waals surface area contributed by atoms with Gasteiger partial charge in [-0.2, -0.15) is 0 Å². The highest BCUT2D eigenvalue weighted by atomic mass is 15.1. The van der Waals surface area contributed by atoms with Crippen molar-refractivity contribution in [3.8, 4) is 56.2 Å². The molecule has 8 rings (SSSR count). The van der Waals surface area contributed by atoms with E-state index in [0.29, 0.717) is 0 Å². The van der Waals surface area contributed by atoms with Crippen LogP contribution in [0.5, 0.6) is 0 Å².